The smallest absolute Gasteiger partial charge is 0.397 e. The molecule has 2 unspecified atom stereocenters. The number of phosphoric acid groups is 3. The third-order valence-electron chi connectivity index (χ3n) is 7.34. The Morgan fingerprint density at radius 3 is 1.94 bits per heavy atom. The van der Waals surface area contributed by atoms with Crippen molar-refractivity contribution in [3.8, 4) is 0 Å². The van der Waals surface area contributed by atoms with Crippen molar-refractivity contribution in [3.63, 3.8) is 0 Å². The van der Waals surface area contributed by atoms with Gasteiger partial charge in [0.05, 0.1) is 35.8 Å². The lowest BCUT2D eigenvalue weighted by Crippen LogP contribution is -2.31. The minimum atomic E-state index is -5.71. The molecule has 10 atom stereocenters. The lowest BCUT2D eigenvalue weighted by atomic mass is 10.1. The monoisotopic (exact) mass is 775 g/mol. The van der Waals surface area contributed by atoms with Gasteiger partial charge >= 0.3 is 23.5 Å². The van der Waals surface area contributed by atoms with Gasteiger partial charge in [-0.05, 0) is 30.3 Å². The number of rotatable bonds is 10. The van der Waals surface area contributed by atoms with E-state index in [1.54, 1.807) is 18.2 Å². The zero-order valence-electron chi connectivity index (χ0n) is 25.0. The molecule has 4 aromatic heterocycles. The van der Waals surface area contributed by atoms with E-state index >= 15 is 0 Å². The zero-order valence-corrected chi connectivity index (χ0v) is 27.6. The van der Waals surface area contributed by atoms with Crippen molar-refractivity contribution < 1.29 is 80.0 Å². The summed E-state index contributed by atoms with van der Waals surface area (Å²) in [6.07, 6.45) is -9.08. The van der Waals surface area contributed by atoms with Gasteiger partial charge in [-0.2, -0.15) is 18.8 Å². The minimum Gasteiger partial charge on any atom is -0.397 e. The Bertz CT molecular complexity index is 1980. The number of anilines is 2. The number of ether oxygens (including phenoxy) is 2. The van der Waals surface area contributed by atoms with Gasteiger partial charge in [0.2, 0.25) is 0 Å². The van der Waals surface area contributed by atoms with Gasteiger partial charge in [0, 0.05) is 6.20 Å². The van der Waals surface area contributed by atoms with E-state index in [1.807, 2.05) is 0 Å². The van der Waals surface area contributed by atoms with Crippen molar-refractivity contribution >= 4 is 46.0 Å². The first kappa shape index (κ1) is 38.2. The average molecular weight is 775 g/mol. The van der Waals surface area contributed by atoms with Crippen LogP contribution in [-0.4, -0.2) is 109 Å². The Kier molecular flexibility index (Phi) is 11.1. The molecular formula is C23H30F2N7O15P3. The van der Waals surface area contributed by atoms with Crippen molar-refractivity contribution in [3.05, 3.63) is 54.2 Å². The highest BCUT2D eigenvalue weighted by Gasteiger charge is 2.48. The first-order valence-corrected chi connectivity index (χ1v) is 18.5. The summed E-state index contributed by atoms with van der Waals surface area (Å²) in [5, 5.41) is 36.7. The second-order valence-electron chi connectivity index (χ2n) is 10.7. The van der Waals surface area contributed by atoms with Gasteiger partial charge in [0.1, 0.15) is 48.5 Å². The molecule has 6 heterocycles. The van der Waals surface area contributed by atoms with Crippen LogP contribution in [0.25, 0.3) is 11.0 Å². The van der Waals surface area contributed by atoms with Crippen LogP contribution in [0.4, 0.5) is 20.3 Å². The van der Waals surface area contributed by atoms with Crippen LogP contribution in [0.3, 0.4) is 0 Å². The van der Waals surface area contributed by atoms with E-state index in [-0.39, 0.29) is 11.5 Å². The van der Waals surface area contributed by atoms with Crippen LogP contribution < -0.4 is 11.5 Å². The highest BCUT2D eigenvalue weighted by molar-refractivity contribution is 7.66. The number of aliphatic hydroxyl groups is 3. The number of hydrogen-bond donors (Lipinski definition) is 9. The van der Waals surface area contributed by atoms with Gasteiger partial charge in [-0.3, -0.25) is 4.52 Å². The highest BCUT2D eigenvalue weighted by atomic mass is 31.3. The molecule has 2 aliphatic heterocycles. The van der Waals surface area contributed by atoms with Gasteiger partial charge in [-0.1, -0.05) is 0 Å². The molecule has 276 valence electrons. The third-order valence-corrected chi connectivity index (χ3v) is 11.1. The van der Waals surface area contributed by atoms with E-state index in [0.717, 1.165) is 0 Å². The zero-order chi connectivity index (χ0) is 36.8. The fourth-order valence-corrected chi connectivity index (χ4v) is 8.17. The summed E-state index contributed by atoms with van der Waals surface area (Å²) < 4.78 is 87.3. The molecular weight excluding hydrogens is 745 g/mol. The Balaban J connectivity index is 0.000000217. The van der Waals surface area contributed by atoms with E-state index in [9.17, 15) is 37.6 Å². The van der Waals surface area contributed by atoms with Crippen LogP contribution >= 0.6 is 23.5 Å². The van der Waals surface area contributed by atoms with Crippen molar-refractivity contribution in [2.75, 3.05) is 24.7 Å². The number of aliphatic hydroxyl groups excluding tert-OH is 3. The van der Waals surface area contributed by atoms with Crippen LogP contribution in [0.2, 0.25) is 0 Å². The maximum Gasteiger partial charge on any atom is 0.490 e. The number of fused-ring (bicyclic) bond motifs is 2. The van der Waals surface area contributed by atoms with E-state index < -0.39 is 85.6 Å². The van der Waals surface area contributed by atoms with Crippen molar-refractivity contribution in [1.82, 2.24) is 24.2 Å². The summed E-state index contributed by atoms with van der Waals surface area (Å²) in [5.41, 5.74) is 13.4. The summed E-state index contributed by atoms with van der Waals surface area (Å²) in [7, 11) is -16.7. The molecule has 27 heteroatoms. The van der Waals surface area contributed by atoms with Gasteiger partial charge in [-0.15, -0.1) is 0 Å². The molecule has 0 aromatic carbocycles. The topological polar surface area (TPSA) is 338 Å². The van der Waals surface area contributed by atoms with Crippen LogP contribution in [0.1, 0.15) is 23.6 Å². The average Bonchev–Trinajstić information content (AvgIpc) is 3.77. The molecule has 4 aromatic rings. The Morgan fingerprint density at radius 2 is 1.36 bits per heavy atom. The molecule has 2 saturated heterocycles. The number of alkyl halides is 2. The molecule has 0 spiro atoms. The van der Waals surface area contributed by atoms with Gasteiger partial charge in [-0.25, -0.2) is 36.5 Å². The van der Waals surface area contributed by atoms with Crippen LogP contribution in [0.15, 0.2) is 42.9 Å². The molecule has 2 fully saturated rings. The normalized spacial score (nSPS) is 29.5. The summed E-state index contributed by atoms with van der Waals surface area (Å²) >= 11 is 0. The Labute approximate surface area is 278 Å². The fourth-order valence-electron chi connectivity index (χ4n) is 5.14. The standard InChI is InChI=1S/C12H17FN3O12P3.C11H13FN4O3/c13-10-11(17)9(5-25-30(21,22)28-31(23,24)27-29(18,19)20)26-12(10)8-2-1-7-6(14)3-4-15-16(7)8;12-8-9(18)7(3-17)19-10(8)5-1-2-6-11(13)14-4-15-16(5)6/h1-4,9-12,17H,5,14H2,(H,21,22)(H,23,24)(H2,18,19,20);1-2,4,7-10,17-18H,3H2,(H2,13,14,15)/t9-,10-,11-,12+;7-,8-,9-,10+/m11/s1. The van der Waals surface area contributed by atoms with E-state index in [1.165, 1.54) is 33.7 Å². The summed E-state index contributed by atoms with van der Waals surface area (Å²) in [4.78, 5) is 39.4. The van der Waals surface area contributed by atoms with Crippen LogP contribution in [0.5, 0.6) is 0 Å². The third kappa shape index (κ3) is 8.20. The van der Waals surface area contributed by atoms with E-state index in [0.29, 0.717) is 22.4 Å². The van der Waals surface area contributed by atoms with Crippen molar-refractivity contribution in [2.24, 2.45) is 0 Å². The van der Waals surface area contributed by atoms with Gasteiger partial charge < -0.3 is 55.8 Å². The Hall–Kier alpha value is -3.02. The number of nitrogens with two attached hydrogens (primary N) is 2. The number of nitrogens with zero attached hydrogens (tertiary/aromatic N) is 5. The predicted octanol–water partition coefficient (Wildman–Crippen LogP) is -0.159. The molecule has 50 heavy (non-hydrogen) atoms. The molecule has 0 amide bonds. The number of phosphoric ester groups is 1. The first-order chi connectivity index (χ1) is 23.3. The fraction of sp³-hybridized carbons (Fsp3) is 0.435. The SMILES string of the molecule is Nc1ccnn2c([C@@H]3O[C@H](COP(=O)(O)OP(=O)(O)OP(=O)(O)O)[C@@H](O)[C@H]3F)ccc12.Nc1ncnn2c([C@@H]3O[C@H](CO)[C@@H](O)[C@H]3F)ccc12. The molecule has 0 bridgehead atoms. The van der Waals surface area contributed by atoms with Gasteiger partial charge in [0.25, 0.3) is 0 Å². The molecule has 0 saturated carbocycles. The lowest BCUT2D eigenvalue weighted by molar-refractivity contribution is -0.0241. The quantitative estimate of drug-likeness (QED) is 0.0945. The largest absolute Gasteiger partial charge is 0.490 e. The number of nitrogen functional groups attached to an aromatic ring is 2. The Morgan fingerprint density at radius 1 is 0.800 bits per heavy atom. The number of halogens is 2. The van der Waals surface area contributed by atoms with Crippen LogP contribution in [-0.2, 0) is 36.3 Å². The van der Waals surface area contributed by atoms with Crippen molar-refractivity contribution in [1.29, 1.82) is 0 Å². The lowest BCUT2D eigenvalue weighted by Gasteiger charge is -2.19. The predicted molar refractivity (Wildman–Crippen MR) is 161 cm³/mol. The highest BCUT2D eigenvalue weighted by Crippen LogP contribution is 2.66. The molecule has 2 aliphatic rings. The second kappa shape index (κ2) is 14.5. The van der Waals surface area contributed by atoms with Crippen LogP contribution in [0, 0.1) is 0 Å². The van der Waals surface area contributed by atoms with E-state index in [2.05, 4.69) is 28.3 Å². The summed E-state index contributed by atoms with van der Waals surface area (Å²) in [6.45, 7) is -1.45. The molecule has 0 radical (unpaired) electrons. The number of aromatic nitrogens is 5. The molecule has 11 N–H and O–H groups in total. The maximum atomic E-state index is 14.6. The maximum absolute atomic E-state index is 14.6. The van der Waals surface area contributed by atoms with Crippen molar-refractivity contribution in [2.45, 2.75) is 49.0 Å². The summed E-state index contributed by atoms with van der Waals surface area (Å²) in [5.74, 6) is 0.272. The van der Waals surface area contributed by atoms with Gasteiger partial charge in [0.15, 0.2) is 18.2 Å². The number of hydrogen-bond acceptors (Lipinski definition) is 16. The molecule has 22 nitrogen and oxygen atoms in total. The first-order valence-electron chi connectivity index (χ1n) is 14.0. The molecule has 6 rings (SSSR count). The second-order valence-corrected chi connectivity index (χ2v) is 15.1. The molecule has 0 aliphatic carbocycles. The minimum absolute atomic E-state index is 0.176. The summed E-state index contributed by atoms with van der Waals surface area (Å²) in [6, 6.07) is 7.78. The van der Waals surface area contributed by atoms with E-state index in [4.69, 9.17) is 40.7 Å².